The largest absolute Gasteiger partial charge is 0.497 e. The highest BCUT2D eigenvalue weighted by molar-refractivity contribution is 6.26. The fraction of sp³-hybridized carbons (Fsp3) is 0.333. The SMILES string of the molecule is COc1cc2c(c(OC)c1)C(=O)C(OC)C(c1cc(OC)c(OC)c(OC)c1)=N2. The van der Waals surface area contributed by atoms with Crippen molar-refractivity contribution in [1.29, 1.82) is 0 Å². The summed E-state index contributed by atoms with van der Waals surface area (Å²) < 4.78 is 32.4. The molecule has 1 unspecified atom stereocenters. The van der Waals surface area contributed by atoms with Crippen molar-refractivity contribution < 1.29 is 33.2 Å². The summed E-state index contributed by atoms with van der Waals surface area (Å²) in [7, 11) is 9.04. The van der Waals surface area contributed by atoms with E-state index >= 15 is 0 Å². The number of Topliss-reactive ketones (excluding diaryl/α,β-unsaturated/α-hetero) is 1. The highest BCUT2D eigenvalue weighted by Crippen LogP contribution is 2.42. The van der Waals surface area contributed by atoms with E-state index in [1.807, 2.05) is 0 Å². The lowest BCUT2D eigenvalue weighted by Gasteiger charge is -2.25. The topological polar surface area (TPSA) is 84.8 Å². The van der Waals surface area contributed by atoms with Gasteiger partial charge in [-0.1, -0.05) is 0 Å². The van der Waals surface area contributed by atoms with Crippen molar-refractivity contribution in [2.24, 2.45) is 4.99 Å². The molecule has 0 fully saturated rings. The molecule has 0 amide bonds. The van der Waals surface area contributed by atoms with Gasteiger partial charge in [0.15, 0.2) is 17.6 Å². The van der Waals surface area contributed by atoms with E-state index in [1.165, 1.54) is 42.7 Å². The molecule has 1 heterocycles. The minimum atomic E-state index is -0.924. The first-order valence-electron chi connectivity index (χ1n) is 8.74. The van der Waals surface area contributed by atoms with Crippen molar-refractivity contribution in [3.63, 3.8) is 0 Å². The fourth-order valence-electron chi connectivity index (χ4n) is 3.30. The Morgan fingerprint density at radius 3 is 1.86 bits per heavy atom. The second-order valence-electron chi connectivity index (χ2n) is 6.11. The first kappa shape index (κ1) is 20.5. The Morgan fingerprint density at radius 2 is 1.38 bits per heavy atom. The second kappa shape index (κ2) is 8.40. The third-order valence-electron chi connectivity index (χ3n) is 4.68. The fourth-order valence-corrected chi connectivity index (χ4v) is 3.30. The molecule has 3 rings (SSSR count). The molecule has 8 heteroatoms. The van der Waals surface area contributed by atoms with E-state index in [9.17, 15) is 4.79 Å². The van der Waals surface area contributed by atoms with Crippen LogP contribution in [-0.4, -0.2) is 60.3 Å². The minimum Gasteiger partial charge on any atom is -0.497 e. The summed E-state index contributed by atoms with van der Waals surface area (Å²) in [5, 5.41) is 0. The molecule has 29 heavy (non-hydrogen) atoms. The van der Waals surface area contributed by atoms with Crippen molar-refractivity contribution in [2.45, 2.75) is 6.10 Å². The first-order chi connectivity index (χ1) is 14.0. The Morgan fingerprint density at radius 1 is 0.759 bits per heavy atom. The standard InChI is InChI=1S/C21H23NO7/c1-24-12-9-13-17(14(10-12)25-2)19(23)21(29-6)18(22-13)11-7-15(26-3)20(28-5)16(8-11)27-4/h7-10,21H,1-6H3. The van der Waals surface area contributed by atoms with Crippen LogP contribution in [0, 0.1) is 0 Å². The van der Waals surface area contributed by atoms with Crippen molar-refractivity contribution in [3.05, 3.63) is 35.4 Å². The Hall–Kier alpha value is -3.26. The average Bonchev–Trinajstić information content (AvgIpc) is 2.76. The lowest BCUT2D eigenvalue weighted by Crippen LogP contribution is -2.35. The van der Waals surface area contributed by atoms with E-state index in [0.29, 0.717) is 51.3 Å². The first-order valence-corrected chi connectivity index (χ1v) is 8.74. The van der Waals surface area contributed by atoms with Crippen molar-refractivity contribution in [1.82, 2.24) is 0 Å². The predicted molar refractivity (Wildman–Crippen MR) is 107 cm³/mol. The van der Waals surface area contributed by atoms with Gasteiger partial charge in [-0.15, -0.1) is 0 Å². The van der Waals surface area contributed by atoms with Crippen LogP contribution in [0.25, 0.3) is 0 Å². The lowest BCUT2D eigenvalue weighted by atomic mass is 9.92. The van der Waals surface area contributed by atoms with Crippen LogP contribution in [-0.2, 0) is 4.74 Å². The van der Waals surface area contributed by atoms with Crippen molar-refractivity contribution in [3.8, 4) is 28.7 Å². The molecular weight excluding hydrogens is 378 g/mol. The van der Waals surface area contributed by atoms with Gasteiger partial charge in [0.05, 0.1) is 52.5 Å². The number of benzene rings is 2. The molecule has 0 spiro atoms. The number of aliphatic imine (C=N–C) groups is 1. The Kier molecular flexibility index (Phi) is 5.93. The Labute approximate surface area is 169 Å². The zero-order chi connectivity index (χ0) is 21.1. The number of carbonyl (C=O) groups excluding carboxylic acids is 1. The van der Waals surface area contributed by atoms with Gasteiger partial charge in [-0.3, -0.25) is 4.79 Å². The monoisotopic (exact) mass is 401 g/mol. The molecule has 2 aromatic rings. The van der Waals surface area contributed by atoms with Crippen LogP contribution in [0.2, 0.25) is 0 Å². The van der Waals surface area contributed by atoms with Gasteiger partial charge in [0.2, 0.25) is 11.5 Å². The zero-order valence-corrected chi connectivity index (χ0v) is 17.2. The van der Waals surface area contributed by atoms with E-state index in [2.05, 4.69) is 0 Å². The zero-order valence-electron chi connectivity index (χ0n) is 17.2. The second-order valence-corrected chi connectivity index (χ2v) is 6.11. The van der Waals surface area contributed by atoms with Gasteiger partial charge in [0.1, 0.15) is 11.5 Å². The summed E-state index contributed by atoms with van der Waals surface area (Å²) in [5.74, 6) is 1.97. The molecule has 1 aliphatic heterocycles. The molecule has 2 aromatic carbocycles. The smallest absolute Gasteiger partial charge is 0.203 e. The van der Waals surface area contributed by atoms with E-state index in [1.54, 1.807) is 24.3 Å². The number of hydrogen-bond acceptors (Lipinski definition) is 8. The van der Waals surface area contributed by atoms with Crippen LogP contribution in [0.1, 0.15) is 15.9 Å². The summed E-state index contributed by atoms with van der Waals surface area (Å²) in [6.45, 7) is 0. The summed E-state index contributed by atoms with van der Waals surface area (Å²) in [4.78, 5) is 17.9. The van der Waals surface area contributed by atoms with E-state index < -0.39 is 6.10 Å². The van der Waals surface area contributed by atoms with E-state index in [0.717, 1.165) is 0 Å². The van der Waals surface area contributed by atoms with Gasteiger partial charge in [-0.25, -0.2) is 4.99 Å². The van der Waals surface area contributed by atoms with Crippen LogP contribution in [0.3, 0.4) is 0 Å². The summed E-state index contributed by atoms with van der Waals surface area (Å²) in [6.07, 6.45) is -0.924. The minimum absolute atomic E-state index is 0.263. The Bertz CT molecular complexity index is 943. The molecule has 8 nitrogen and oxygen atoms in total. The van der Waals surface area contributed by atoms with Crippen molar-refractivity contribution >= 4 is 17.2 Å². The van der Waals surface area contributed by atoms with Gasteiger partial charge < -0.3 is 28.4 Å². The number of ether oxygens (including phenoxy) is 6. The molecule has 0 N–H and O–H groups in total. The van der Waals surface area contributed by atoms with Crippen LogP contribution in [0.5, 0.6) is 28.7 Å². The molecule has 0 aromatic heterocycles. The third kappa shape index (κ3) is 3.47. The number of methoxy groups -OCH3 is 6. The third-order valence-corrected chi connectivity index (χ3v) is 4.68. The van der Waals surface area contributed by atoms with E-state index in [4.69, 9.17) is 33.4 Å². The van der Waals surface area contributed by atoms with Crippen LogP contribution >= 0.6 is 0 Å². The highest BCUT2D eigenvalue weighted by Gasteiger charge is 2.36. The number of fused-ring (bicyclic) bond motifs is 1. The maximum atomic E-state index is 13.2. The van der Waals surface area contributed by atoms with Crippen LogP contribution < -0.4 is 23.7 Å². The summed E-state index contributed by atoms with van der Waals surface area (Å²) in [6, 6.07) is 6.77. The molecule has 0 saturated heterocycles. The molecule has 0 saturated carbocycles. The molecule has 1 atom stereocenters. The Balaban J connectivity index is 2.27. The normalized spacial score (nSPS) is 15.3. The van der Waals surface area contributed by atoms with Gasteiger partial charge in [-0.05, 0) is 12.1 Å². The number of nitrogens with zero attached hydrogens (tertiary/aromatic N) is 1. The molecular formula is C21H23NO7. The van der Waals surface area contributed by atoms with Gasteiger partial charge in [0, 0.05) is 24.8 Å². The predicted octanol–water partition coefficient (Wildman–Crippen LogP) is 3.06. The molecule has 1 aliphatic rings. The maximum absolute atomic E-state index is 13.2. The number of carbonyl (C=O) groups is 1. The van der Waals surface area contributed by atoms with Crippen LogP contribution in [0.4, 0.5) is 5.69 Å². The van der Waals surface area contributed by atoms with Gasteiger partial charge in [0.25, 0.3) is 0 Å². The maximum Gasteiger partial charge on any atom is 0.203 e. The van der Waals surface area contributed by atoms with Gasteiger partial charge >= 0.3 is 0 Å². The molecule has 0 radical (unpaired) electrons. The molecule has 0 bridgehead atoms. The molecule has 154 valence electrons. The number of hydrogen-bond donors (Lipinski definition) is 0. The van der Waals surface area contributed by atoms with Crippen molar-refractivity contribution in [2.75, 3.05) is 42.7 Å². The average molecular weight is 401 g/mol. The molecule has 0 aliphatic carbocycles. The quantitative estimate of drug-likeness (QED) is 0.705. The summed E-state index contributed by atoms with van der Waals surface area (Å²) >= 11 is 0. The summed E-state index contributed by atoms with van der Waals surface area (Å²) in [5.41, 5.74) is 1.80. The van der Waals surface area contributed by atoms with E-state index in [-0.39, 0.29) is 5.78 Å². The number of rotatable bonds is 7. The number of ketones is 1. The van der Waals surface area contributed by atoms with Crippen LogP contribution in [0.15, 0.2) is 29.3 Å². The lowest BCUT2D eigenvalue weighted by molar-refractivity contribution is 0.0751. The van der Waals surface area contributed by atoms with Gasteiger partial charge in [-0.2, -0.15) is 0 Å². The highest BCUT2D eigenvalue weighted by atomic mass is 16.5.